The van der Waals surface area contributed by atoms with E-state index >= 15 is 0 Å². The van der Waals surface area contributed by atoms with Gasteiger partial charge >= 0.3 is 5.97 Å². The van der Waals surface area contributed by atoms with Crippen LogP contribution in [0.1, 0.15) is 24.3 Å². The van der Waals surface area contributed by atoms with Crippen molar-refractivity contribution >= 4 is 11.9 Å². The van der Waals surface area contributed by atoms with Crippen LogP contribution in [-0.4, -0.2) is 29.9 Å². The van der Waals surface area contributed by atoms with E-state index in [0.717, 1.165) is 4.90 Å². The number of furan rings is 1. The number of hydrogen-bond acceptors (Lipinski definition) is 4. The molecule has 0 saturated heterocycles. The molecule has 1 unspecified atom stereocenters. The lowest BCUT2D eigenvalue weighted by Gasteiger charge is -2.32. The van der Waals surface area contributed by atoms with Gasteiger partial charge in [-0.3, -0.25) is 4.79 Å². The van der Waals surface area contributed by atoms with Crippen molar-refractivity contribution in [3.8, 4) is 0 Å². The molecule has 2 rings (SSSR count). The second kappa shape index (κ2) is 5.26. The maximum absolute atomic E-state index is 13.0. The van der Waals surface area contributed by atoms with Crippen LogP contribution in [-0.2, 0) is 20.7 Å². The van der Waals surface area contributed by atoms with E-state index in [0.29, 0.717) is 17.7 Å². The van der Waals surface area contributed by atoms with Gasteiger partial charge in [-0.05, 0) is 13.0 Å². The van der Waals surface area contributed by atoms with Crippen molar-refractivity contribution in [2.75, 3.05) is 13.2 Å². The topological polar surface area (TPSA) is 59.8 Å². The van der Waals surface area contributed by atoms with Crippen molar-refractivity contribution in [2.24, 2.45) is 0 Å². The maximum Gasteiger partial charge on any atom is 0.333 e. The van der Waals surface area contributed by atoms with Crippen molar-refractivity contribution in [2.45, 2.75) is 19.4 Å². The number of nitrogens with zero attached hydrogens (tertiary/aromatic N) is 1. The summed E-state index contributed by atoms with van der Waals surface area (Å²) in [6.07, 6.45) is 1.87. The van der Waals surface area contributed by atoms with Crippen LogP contribution in [0.15, 0.2) is 29.2 Å². The minimum Gasteiger partial charge on any atom is -0.469 e. The van der Waals surface area contributed by atoms with E-state index in [-0.39, 0.29) is 13.2 Å². The number of carbonyl (C=O) groups is 2. The summed E-state index contributed by atoms with van der Waals surface area (Å²) in [6.45, 7) is 5.01. The maximum atomic E-state index is 13.0. The van der Waals surface area contributed by atoms with Crippen molar-refractivity contribution in [1.82, 2.24) is 4.90 Å². The molecule has 1 aliphatic rings. The quantitative estimate of drug-likeness (QED) is 0.618. The van der Waals surface area contributed by atoms with Gasteiger partial charge in [-0.25, -0.2) is 9.18 Å². The number of hydrogen-bond donors (Lipinski definition) is 0. The molecule has 19 heavy (non-hydrogen) atoms. The van der Waals surface area contributed by atoms with Crippen molar-refractivity contribution in [1.29, 1.82) is 0 Å². The molecule has 102 valence electrons. The number of rotatable bonds is 3. The van der Waals surface area contributed by atoms with Crippen LogP contribution < -0.4 is 0 Å². The van der Waals surface area contributed by atoms with E-state index in [1.54, 1.807) is 13.0 Å². The lowest BCUT2D eigenvalue weighted by molar-refractivity contribution is -0.155. The highest BCUT2D eigenvalue weighted by Crippen LogP contribution is 2.32. The Bertz CT molecular complexity index is 522. The van der Waals surface area contributed by atoms with Crippen LogP contribution in [0.25, 0.3) is 0 Å². The van der Waals surface area contributed by atoms with E-state index in [9.17, 15) is 14.0 Å². The van der Waals surface area contributed by atoms with Crippen LogP contribution in [0.3, 0.4) is 0 Å². The molecule has 0 spiro atoms. The van der Waals surface area contributed by atoms with Crippen LogP contribution in [0.4, 0.5) is 4.39 Å². The second-order valence-corrected chi connectivity index (χ2v) is 4.11. The number of carbonyl (C=O) groups excluding carboxylic acids is 2. The standard InChI is InChI=1S/C13H14FNO4/c1-3-18-13(17)11-9-5-7-19-10(9)4-6-15(11)12(16)8(2)14/h5,7,11H,2-4,6H2,1H3. The fraction of sp³-hybridized carbons (Fsp3) is 0.385. The first-order valence-electron chi connectivity index (χ1n) is 5.94. The Labute approximate surface area is 109 Å². The summed E-state index contributed by atoms with van der Waals surface area (Å²) >= 11 is 0. The van der Waals surface area contributed by atoms with Crippen molar-refractivity contribution in [3.63, 3.8) is 0 Å². The Hall–Kier alpha value is -2.11. The first kappa shape index (κ1) is 13.3. The zero-order valence-electron chi connectivity index (χ0n) is 10.5. The number of esters is 1. The highest BCUT2D eigenvalue weighted by atomic mass is 19.1. The van der Waals surface area contributed by atoms with Gasteiger partial charge in [-0.1, -0.05) is 6.58 Å². The van der Waals surface area contributed by atoms with Gasteiger partial charge in [-0.2, -0.15) is 0 Å². The van der Waals surface area contributed by atoms with Crippen molar-refractivity contribution in [3.05, 3.63) is 36.1 Å². The fourth-order valence-corrected chi connectivity index (χ4v) is 2.17. The lowest BCUT2D eigenvalue weighted by Crippen LogP contribution is -2.43. The zero-order valence-corrected chi connectivity index (χ0v) is 10.5. The molecular formula is C13H14FNO4. The van der Waals surface area contributed by atoms with Gasteiger partial charge in [0.05, 0.1) is 12.9 Å². The fourth-order valence-electron chi connectivity index (χ4n) is 2.17. The third-order valence-electron chi connectivity index (χ3n) is 2.97. The Morgan fingerprint density at radius 1 is 1.63 bits per heavy atom. The first-order valence-corrected chi connectivity index (χ1v) is 5.94. The molecule has 0 N–H and O–H groups in total. The molecule has 0 bridgehead atoms. The Morgan fingerprint density at radius 2 is 2.37 bits per heavy atom. The van der Waals surface area contributed by atoms with E-state index in [4.69, 9.17) is 9.15 Å². The molecule has 6 heteroatoms. The Balaban J connectivity index is 2.37. The summed E-state index contributed by atoms with van der Waals surface area (Å²) in [6, 6.07) is 0.625. The normalized spacial score (nSPS) is 17.8. The third-order valence-corrected chi connectivity index (χ3v) is 2.97. The van der Waals surface area contributed by atoms with Crippen LogP contribution in [0.2, 0.25) is 0 Å². The predicted octanol–water partition coefficient (Wildman–Crippen LogP) is 1.75. The smallest absolute Gasteiger partial charge is 0.333 e. The highest BCUT2D eigenvalue weighted by Gasteiger charge is 2.39. The molecule has 1 aromatic heterocycles. The number of fused-ring (bicyclic) bond motifs is 1. The minimum atomic E-state index is -1.10. The van der Waals surface area contributed by atoms with Gasteiger partial charge in [0.25, 0.3) is 5.91 Å². The first-order chi connectivity index (χ1) is 9.06. The highest BCUT2D eigenvalue weighted by molar-refractivity contribution is 5.94. The van der Waals surface area contributed by atoms with E-state index in [2.05, 4.69) is 6.58 Å². The average Bonchev–Trinajstić information content (AvgIpc) is 2.84. The Kier molecular flexibility index (Phi) is 3.69. The minimum absolute atomic E-state index is 0.182. The van der Waals surface area contributed by atoms with Gasteiger partial charge in [0.15, 0.2) is 11.9 Å². The number of amides is 1. The zero-order chi connectivity index (χ0) is 14.0. The summed E-state index contributed by atoms with van der Waals surface area (Å²) in [5, 5.41) is 0. The molecule has 5 nitrogen and oxygen atoms in total. The number of ether oxygens (including phenoxy) is 1. The lowest BCUT2D eigenvalue weighted by atomic mass is 9.99. The largest absolute Gasteiger partial charge is 0.469 e. The van der Waals surface area contributed by atoms with Gasteiger partial charge in [0, 0.05) is 18.5 Å². The van der Waals surface area contributed by atoms with E-state index in [1.165, 1.54) is 6.26 Å². The summed E-state index contributed by atoms with van der Waals surface area (Å²) in [4.78, 5) is 24.9. The molecule has 1 amide bonds. The van der Waals surface area contributed by atoms with E-state index in [1.807, 2.05) is 0 Å². The molecule has 1 aromatic rings. The van der Waals surface area contributed by atoms with Gasteiger partial charge < -0.3 is 14.1 Å². The summed E-state index contributed by atoms with van der Waals surface area (Å²) in [5.74, 6) is -1.97. The monoisotopic (exact) mass is 267 g/mol. The molecule has 2 heterocycles. The van der Waals surface area contributed by atoms with Gasteiger partial charge in [0.2, 0.25) is 0 Å². The van der Waals surface area contributed by atoms with Crippen LogP contribution >= 0.6 is 0 Å². The molecule has 0 radical (unpaired) electrons. The Morgan fingerprint density at radius 3 is 3.00 bits per heavy atom. The predicted molar refractivity (Wildman–Crippen MR) is 63.7 cm³/mol. The molecule has 0 aromatic carbocycles. The average molecular weight is 267 g/mol. The SMILES string of the molecule is C=C(F)C(=O)N1CCc2occc2C1C(=O)OCC. The van der Waals surface area contributed by atoms with Gasteiger partial charge in [0.1, 0.15) is 5.76 Å². The number of halogens is 1. The molecular weight excluding hydrogens is 253 g/mol. The third kappa shape index (κ3) is 2.38. The summed E-state index contributed by atoms with van der Waals surface area (Å²) < 4.78 is 23.2. The van der Waals surface area contributed by atoms with Gasteiger partial charge in [-0.15, -0.1) is 0 Å². The second-order valence-electron chi connectivity index (χ2n) is 4.11. The summed E-state index contributed by atoms with van der Waals surface area (Å²) in [7, 11) is 0. The molecule has 0 fully saturated rings. The van der Waals surface area contributed by atoms with E-state index < -0.39 is 23.7 Å². The van der Waals surface area contributed by atoms with Crippen LogP contribution in [0.5, 0.6) is 0 Å². The molecule has 0 saturated carbocycles. The van der Waals surface area contributed by atoms with Crippen LogP contribution in [0, 0.1) is 0 Å². The molecule has 1 aliphatic heterocycles. The molecule has 0 aliphatic carbocycles. The van der Waals surface area contributed by atoms with Crippen molar-refractivity contribution < 1.29 is 23.1 Å². The molecule has 1 atom stereocenters. The summed E-state index contributed by atoms with van der Waals surface area (Å²) in [5.41, 5.74) is 0.541.